The molecule has 0 amide bonds. The van der Waals surface area contributed by atoms with Crippen LogP contribution in [0.2, 0.25) is 0 Å². The lowest BCUT2D eigenvalue weighted by atomic mass is 10.2. The number of rotatable bonds is 4. The number of nitro groups is 1. The van der Waals surface area contributed by atoms with E-state index in [9.17, 15) is 18.9 Å². The van der Waals surface area contributed by atoms with Crippen LogP contribution in [0.15, 0.2) is 42.6 Å². The summed E-state index contributed by atoms with van der Waals surface area (Å²) in [6.45, 7) is 0. The molecule has 1 aromatic carbocycles. The van der Waals surface area contributed by atoms with Gasteiger partial charge in [-0.15, -0.1) is 0 Å². The minimum absolute atomic E-state index is 0.141. The van der Waals surface area contributed by atoms with Crippen molar-refractivity contribution < 1.29 is 13.7 Å². The smallest absolute Gasteiger partial charge is 0.274 e. The van der Waals surface area contributed by atoms with Crippen LogP contribution in [0, 0.1) is 10.1 Å². The Kier molecular flexibility index (Phi) is 3.65. The summed E-state index contributed by atoms with van der Waals surface area (Å²) in [5.74, 6) is 0.141. The van der Waals surface area contributed by atoms with Crippen LogP contribution in [0.3, 0.4) is 0 Å². The van der Waals surface area contributed by atoms with Crippen molar-refractivity contribution in [3.05, 3.63) is 58.3 Å². The van der Waals surface area contributed by atoms with Crippen LogP contribution in [-0.4, -0.2) is 9.91 Å². The Bertz CT molecular complexity index is 605. The summed E-state index contributed by atoms with van der Waals surface area (Å²) in [7, 11) is 0. The summed E-state index contributed by atoms with van der Waals surface area (Å²) < 4.78 is 25.5. The fourth-order valence-electron chi connectivity index (χ4n) is 1.54. The first-order valence-corrected chi connectivity index (χ1v) is 5.32. The van der Waals surface area contributed by atoms with Crippen LogP contribution in [0.25, 0.3) is 0 Å². The standard InChI is InChI=1S/C12H9F2N3O2/c13-12(14)9-3-1-2-4-10(9)16-11-7-8(17(18)19)5-6-15-11/h1-7,12H,(H,15,16). The Morgan fingerprint density at radius 1 is 1.26 bits per heavy atom. The molecule has 19 heavy (non-hydrogen) atoms. The van der Waals surface area contributed by atoms with Crippen molar-refractivity contribution in [1.82, 2.24) is 4.98 Å². The Morgan fingerprint density at radius 3 is 2.68 bits per heavy atom. The number of nitrogens with one attached hydrogen (secondary N) is 1. The molecule has 7 heteroatoms. The number of hydrogen-bond donors (Lipinski definition) is 1. The summed E-state index contributed by atoms with van der Waals surface area (Å²) in [6, 6.07) is 8.23. The fraction of sp³-hybridized carbons (Fsp3) is 0.0833. The van der Waals surface area contributed by atoms with E-state index in [4.69, 9.17) is 0 Å². The number of para-hydroxylation sites is 1. The number of benzene rings is 1. The molecule has 0 aliphatic rings. The van der Waals surface area contributed by atoms with E-state index < -0.39 is 11.3 Å². The number of aromatic nitrogens is 1. The second kappa shape index (κ2) is 5.38. The Labute approximate surface area is 107 Å². The summed E-state index contributed by atoms with van der Waals surface area (Å²) >= 11 is 0. The van der Waals surface area contributed by atoms with E-state index in [-0.39, 0.29) is 22.8 Å². The van der Waals surface area contributed by atoms with Gasteiger partial charge < -0.3 is 5.32 Å². The van der Waals surface area contributed by atoms with Crippen LogP contribution in [0.4, 0.5) is 26.0 Å². The minimum Gasteiger partial charge on any atom is -0.340 e. The molecule has 1 heterocycles. The number of pyridine rings is 1. The van der Waals surface area contributed by atoms with Gasteiger partial charge in [-0.3, -0.25) is 10.1 Å². The average molecular weight is 265 g/mol. The molecule has 0 fully saturated rings. The lowest BCUT2D eigenvalue weighted by molar-refractivity contribution is -0.384. The molecule has 0 saturated heterocycles. The molecular weight excluding hydrogens is 256 g/mol. The molecule has 0 aliphatic heterocycles. The maximum atomic E-state index is 12.8. The molecule has 0 spiro atoms. The van der Waals surface area contributed by atoms with Gasteiger partial charge in [-0.05, 0) is 6.07 Å². The highest BCUT2D eigenvalue weighted by Crippen LogP contribution is 2.29. The van der Waals surface area contributed by atoms with Gasteiger partial charge in [-0.1, -0.05) is 18.2 Å². The largest absolute Gasteiger partial charge is 0.340 e. The molecule has 2 rings (SSSR count). The second-order valence-corrected chi connectivity index (χ2v) is 3.67. The van der Waals surface area contributed by atoms with E-state index >= 15 is 0 Å². The van der Waals surface area contributed by atoms with Crippen LogP contribution >= 0.6 is 0 Å². The van der Waals surface area contributed by atoms with Gasteiger partial charge in [0.2, 0.25) is 0 Å². The molecule has 1 N–H and O–H groups in total. The zero-order chi connectivity index (χ0) is 13.8. The SMILES string of the molecule is O=[N+]([O-])c1ccnc(Nc2ccccc2C(F)F)c1. The van der Waals surface area contributed by atoms with Gasteiger partial charge in [-0.2, -0.15) is 0 Å². The van der Waals surface area contributed by atoms with Gasteiger partial charge in [0.25, 0.3) is 12.1 Å². The Hall–Kier alpha value is -2.57. The van der Waals surface area contributed by atoms with E-state index in [1.165, 1.54) is 36.5 Å². The van der Waals surface area contributed by atoms with Gasteiger partial charge in [-0.25, -0.2) is 13.8 Å². The number of hydrogen-bond acceptors (Lipinski definition) is 4. The molecule has 0 atom stereocenters. The van der Waals surface area contributed by atoms with Crippen molar-refractivity contribution in [3.63, 3.8) is 0 Å². The quantitative estimate of drug-likeness (QED) is 0.676. The normalized spacial score (nSPS) is 10.5. The molecule has 0 bridgehead atoms. The van der Waals surface area contributed by atoms with Crippen LogP contribution < -0.4 is 5.32 Å². The number of nitrogens with zero attached hydrogens (tertiary/aromatic N) is 2. The third kappa shape index (κ3) is 3.01. The summed E-state index contributed by atoms with van der Waals surface area (Å²) in [5.41, 5.74) is -0.173. The van der Waals surface area contributed by atoms with Gasteiger partial charge in [0.15, 0.2) is 0 Å². The number of anilines is 2. The van der Waals surface area contributed by atoms with Crippen molar-refractivity contribution in [2.24, 2.45) is 0 Å². The molecule has 98 valence electrons. The lowest BCUT2D eigenvalue weighted by Crippen LogP contribution is -1.99. The molecule has 0 radical (unpaired) electrons. The van der Waals surface area contributed by atoms with Crippen molar-refractivity contribution in [2.75, 3.05) is 5.32 Å². The maximum Gasteiger partial charge on any atom is 0.274 e. The first kappa shape index (κ1) is 12.9. The van der Waals surface area contributed by atoms with Crippen LogP contribution in [-0.2, 0) is 0 Å². The molecule has 0 saturated carbocycles. The predicted octanol–water partition coefficient (Wildman–Crippen LogP) is 3.67. The van der Waals surface area contributed by atoms with E-state index in [2.05, 4.69) is 10.3 Å². The third-order valence-electron chi connectivity index (χ3n) is 2.41. The Morgan fingerprint density at radius 2 is 2.00 bits per heavy atom. The summed E-state index contributed by atoms with van der Waals surface area (Å²) in [6.07, 6.45) is -1.40. The predicted molar refractivity (Wildman–Crippen MR) is 65.6 cm³/mol. The maximum absolute atomic E-state index is 12.8. The van der Waals surface area contributed by atoms with E-state index in [1.54, 1.807) is 6.07 Å². The monoisotopic (exact) mass is 265 g/mol. The van der Waals surface area contributed by atoms with E-state index in [0.717, 1.165) is 0 Å². The first-order chi connectivity index (χ1) is 9.08. The fourth-order valence-corrected chi connectivity index (χ4v) is 1.54. The van der Waals surface area contributed by atoms with Crippen molar-refractivity contribution in [1.29, 1.82) is 0 Å². The summed E-state index contributed by atoms with van der Waals surface area (Å²) in [5, 5.41) is 13.3. The highest BCUT2D eigenvalue weighted by molar-refractivity contribution is 5.62. The number of alkyl halides is 2. The summed E-state index contributed by atoms with van der Waals surface area (Å²) in [4.78, 5) is 13.9. The second-order valence-electron chi connectivity index (χ2n) is 3.67. The zero-order valence-electron chi connectivity index (χ0n) is 9.59. The van der Waals surface area contributed by atoms with Gasteiger partial charge in [0.05, 0.1) is 11.0 Å². The lowest BCUT2D eigenvalue weighted by Gasteiger charge is -2.10. The first-order valence-electron chi connectivity index (χ1n) is 5.32. The van der Waals surface area contributed by atoms with Crippen molar-refractivity contribution >= 4 is 17.2 Å². The average Bonchev–Trinajstić information content (AvgIpc) is 2.39. The van der Waals surface area contributed by atoms with Crippen LogP contribution in [0.5, 0.6) is 0 Å². The van der Waals surface area contributed by atoms with Gasteiger partial charge >= 0.3 is 0 Å². The highest BCUT2D eigenvalue weighted by atomic mass is 19.3. The highest BCUT2D eigenvalue weighted by Gasteiger charge is 2.13. The molecule has 5 nitrogen and oxygen atoms in total. The molecule has 2 aromatic rings. The van der Waals surface area contributed by atoms with Gasteiger partial charge in [0.1, 0.15) is 5.82 Å². The van der Waals surface area contributed by atoms with Gasteiger partial charge in [0, 0.05) is 23.5 Å². The third-order valence-corrected chi connectivity index (χ3v) is 2.41. The Balaban J connectivity index is 2.31. The van der Waals surface area contributed by atoms with Crippen molar-refractivity contribution in [2.45, 2.75) is 6.43 Å². The minimum atomic E-state index is -2.64. The number of halogens is 2. The molecule has 0 aliphatic carbocycles. The van der Waals surface area contributed by atoms with Crippen LogP contribution in [0.1, 0.15) is 12.0 Å². The van der Waals surface area contributed by atoms with E-state index in [0.29, 0.717) is 0 Å². The molecular formula is C12H9F2N3O2. The topological polar surface area (TPSA) is 68.1 Å². The van der Waals surface area contributed by atoms with E-state index in [1.807, 2.05) is 0 Å². The molecule has 0 unspecified atom stereocenters. The zero-order valence-corrected chi connectivity index (χ0v) is 9.59. The molecule has 1 aromatic heterocycles. The van der Waals surface area contributed by atoms with Crippen molar-refractivity contribution in [3.8, 4) is 0 Å².